The molecule has 2 nitrogen and oxygen atoms in total. The number of aryl methyl sites for hydroxylation is 1. The first-order valence-electron chi connectivity index (χ1n) is 7.83. The lowest BCUT2D eigenvalue weighted by Gasteiger charge is -2.28. The monoisotopic (exact) mass is 270 g/mol. The molecule has 1 aliphatic rings. The molecule has 2 aromatic rings. The van der Waals surface area contributed by atoms with Gasteiger partial charge in [0.15, 0.2) is 0 Å². The summed E-state index contributed by atoms with van der Waals surface area (Å²) in [7, 11) is 4.42. The van der Waals surface area contributed by atoms with Crippen LogP contribution < -0.4 is 0 Å². The lowest BCUT2D eigenvalue weighted by Crippen LogP contribution is -2.29. The Morgan fingerprint density at radius 3 is 2.45 bits per heavy atom. The zero-order valence-corrected chi connectivity index (χ0v) is 13.2. The summed E-state index contributed by atoms with van der Waals surface area (Å²) < 4.78 is 2.31. The molecule has 0 N–H and O–H groups in total. The standard InChI is InChI=1S/C18H26N2/c1-13(2)15-5-6-16-17(12-20(4)18(16)11-15)14-7-9-19(3)10-8-14/h5-6,11-14H,7-10H2,1-4H3. The molecule has 2 heterocycles. The molecule has 3 rings (SSSR count). The van der Waals surface area contributed by atoms with E-state index < -0.39 is 0 Å². The minimum atomic E-state index is 0.598. The van der Waals surface area contributed by atoms with E-state index >= 15 is 0 Å². The highest BCUT2D eigenvalue weighted by Gasteiger charge is 2.21. The predicted molar refractivity (Wildman–Crippen MR) is 86.5 cm³/mol. The van der Waals surface area contributed by atoms with Crippen molar-refractivity contribution in [1.29, 1.82) is 0 Å². The molecule has 0 atom stereocenters. The van der Waals surface area contributed by atoms with Crippen molar-refractivity contribution in [2.24, 2.45) is 7.05 Å². The Labute approximate surface area is 122 Å². The van der Waals surface area contributed by atoms with Crippen molar-refractivity contribution in [1.82, 2.24) is 9.47 Å². The van der Waals surface area contributed by atoms with Gasteiger partial charge < -0.3 is 9.47 Å². The molecular formula is C18H26N2. The van der Waals surface area contributed by atoms with Gasteiger partial charge in [0.2, 0.25) is 0 Å². The third-order valence-corrected chi connectivity index (χ3v) is 4.87. The molecule has 0 radical (unpaired) electrons. The number of aromatic nitrogens is 1. The van der Waals surface area contributed by atoms with Crippen LogP contribution in [0.3, 0.4) is 0 Å². The second-order valence-corrected chi connectivity index (χ2v) is 6.70. The highest BCUT2D eigenvalue weighted by molar-refractivity contribution is 5.85. The zero-order valence-electron chi connectivity index (χ0n) is 13.2. The summed E-state index contributed by atoms with van der Waals surface area (Å²) in [6.45, 7) is 6.99. The van der Waals surface area contributed by atoms with Crippen LogP contribution in [0.4, 0.5) is 0 Å². The van der Waals surface area contributed by atoms with Gasteiger partial charge >= 0.3 is 0 Å². The number of hydrogen-bond donors (Lipinski definition) is 0. The number of fused-ring (bicyclic) bond motifs is 1. The molecule has 2 heteroatoms. The van der Waals surface area contributed by atoms with Crippen molar-refractivity contribution >= 4 is 10.9 Å². The molecule has 108 valence electrons. The van der Waals surface area contributed by atoms with Crippen molar-refractivity contribution in [2.75, 3.05) is 20.1 Å². The Bertz CT molecular complexity index is 601. The van der Waals surface area contributed by atoms with E-state index in [4.69, 9.17) is 0 Å². The fourth-order valence-corrected chi connectivity index (χ4v) is 3.44. The van der Waals surface area contributed by atoms with Crippen LogP contribution in [-0.4, -0.2) is 29.6 Å². The molecule has 0 spiro atoms. The molecule has 0 amide bonds. The topological polar surface area (TPSA) is 8.17 Å². The Morgan fingerprint density at radius 1 is 1.10 bits per heavy atom. The third kappa shape index (κ3) is 2.37. The number of hydrogen-bond acceptors (Lipinski definition) is 1. The van der Waals surface area contributed by atoms with E-state index in [9.17, 15) is 0 Å². The molecule has 0 aliphatic carbocycles. The first kappa shape index (κ1) is 13.7. The minimum absolute atomic E-state index is 0.598. The normalized spacial score (nSPS) is 18.2. The van der Waals surface area contributed by atoms with Crippen LogP contribution in [0.2, 0.25) is 0 Å². The molecule has 1 aromatic heterocycles. The number of rotatable bonds is 2. The van der Waals surface area contributed by atoms with Gasteiger partial charge in [0, 0.05) is 24.1 Å². The second-order valence-electron chi connectivity index (χ2n) is 6.70. The van der Waals surface area contributed by atoms with Gasteiger partial charge in [-0.25, -0.2) is 0 Å². The summed E-state index contributed by atoms with van der Waals surface area (Å²) in [6, 6.07) is 7.03. The van der Waals surface area contributed by atoms with Crippen molar-refractivity contribution in [3.05, 3.63) is 35.5 Å². The quantitative estimate of drug-likeness (QED) is 0.797. The number of nitrogens with zero attached hydrogens (tertiary/aromatic N) is 2. The number of benzene rings is 1. The average molecular weight is 270 g/mol. The van der Waals surface area contributed by atoms with Crippen LogP contribution in [0.15, 0.2) is 24.4 Å². The summed E-state index contributed by atoms with van der Waals surface area (Å²) in [4.78, 5) is 2.44. The number of likely N-dealkylation sites (tertiary alicyclic amines) is 1. The summed E-state index contributed by atoms with van der Waals surface area (Å²) >= 11 is 0. The summed E-state index contributed by atoms with van der Waals surface area (Å²) in [6.07, 6.45) is 4.95. The first-order chi connectivity index (χ1) is 9.56. The molecular weight excluding hydrogens is 244 g/mol. The lowest BCUT2D eigenvalue weighted by atomic mass is 9.89. The maximum Gasteiger partial charge on any atom is 0.0483 e. The maximum absolute atomic E-state index is 2.44. The molecule has 20 heavy (non-hydrogen) atoms. The van der Waals surface area contributed by atoms with Gasteiger partial charge in [-0.2, -0.15) is 0 Å². The van der Waals surface area contributed by atoms with Crippen LogP contribution in [0.25, 0.3) is 10.9 Å². The van der Waals surface area contributed by atoms with E-state index in [1.807, 2.05) is 0 Å². The summed E-state index contributed by atoms with van der Waals surface area (Å²) in [5.41, 5.74) is 4.39. The van der Waals surface area contributed by atoms with E-state index in [0.29, 0.717) is 5.92 Å². The lowest BCUT2D eigenvalue weighted by molar-refractivity contribution is 0.256. The SMILES string of the molecule is CC(C)c1ccc2c(C3CCN(C)CC3)cn(C)c2c1. The smallest absolute Gasteiger partial charge is 0.0483 e. The van der Waals surface area contributed by atoms with Gasteiger partial charge in [-0.15, -0.1) is 0 Å². The van der Waals surface area contributed by atoms with Crippen LogP contribution in [0.1, 0.15) is 49.7 Å². The van der Waals surface area contributed by atoms with Crippen LogP contribution in [0, 0.1) is 0 Å². The Balaban J connectivity index is 2.00. The van der Waals surface area contributed by atoms with Crippen molar-refractivity contribution in [3.8, 4) is 0 Å². The highest BCUT2D eigenvalue weighted by atomic mass is 15.1. The Hall–Kier alpha value is -1.28. The molecule has 1 fully saturated rings. The summed E-state index contributed by atoms with van der Waals surface area (Å²) in [5.74, 6) is 1.33. The fourth-order valence-electron chi connectivity index (χ4n) is 3.44. The van der Waals surface area contributed by atoms with Gasteiger partial charge in [0.05, 0.1) is 0 Å². The second kappa shape index (κ2) is 5.25. The molecule has 0 unspecified atom stereocenters. The highest BCUT2D eigenvalue weighted by Crippen LogP contribution is 2.34. The van der Waals surface area contributed by atoms with Gasteiger partial charge in [-0.1, -0.05) is 26.0 Å². The minimum Gasteiger partial charge on any atom is -0.350 e. The molecule has 1 aromatic carbocycles. The van der Waals surface area contributed by atoms with Crippen molar-refractivity contribution < 1.29 is 0 Å². The van der Waals surface area contributed by atoms with E-state index in [1.54, 1.807) is 5.56 Å². The van der Waals surface area contributed by atoms with Crippen molar-refractivity contribution in [2.45, 2.75) is 38.5 Å². The van der Waals surface area contributed by atoms with Crippen LogP contribution >= 0.6 is 0 Å². The zero-order chi connectivity index (χ0) is 14.3. The van der Waals surface area contributed by atoms with Gasteiger partial charge in [0.25, 0.3) is 0 Å². The predicted octanol–water partition coefficient (Wildman–Crippen LogP) is 4.11. The fraction of sp³-hybridized carbons (Fsp3) is 0.556. The molecule has 0 saturated carbocycles. The largest absolute Gasteiger partial charge is 0.350 e. The van der Waals surface area contributed by atoms with Gasteiger partial charge in [0.1, 0.15) is 0 Å². The van der Waals surface area contributed by atoms with Crippen molar-refractivity contribution in [3.63, 3.8) is 0 Å². The number of piperidine rings is 1. The van der Waals surface area contributed by atoms with Crippen LogP contribution in [0.5, 0.6) is 0 Å². The van der Waals surface area contributed by atoms with E-state index in [0.717, 1.165) is 5.92 Å². The van der Waals surface area contributed by atoms with Crippen LogP contribution in [-0.2, 0) is 7.05 Å². The maximum atomic E-state index is 2.44. The Kier molecular flexibility index (Phi) is 3.59. The Morgan fingerprint density at radius 2 is 1.80 bits per heavy atom. The van der Waals surface area contributed by atoms with E-state index in [1.165, 1.54) is 42.4 Å². The summed E-state index contributed by atoms with van der Waals surface area (Å²) in [5, 5.41) is 1.46. The van der Waals surface area contributed by atoms with E-state index in [2.05, 4.69) is 61.8 Å². The van der Waals surface area contributed by atoms with Gasteiger partial charge in [-0.3, -0.25) is 0 Å². The van der Waals surface area contributed by atoms with E-state index in [-0.39, 0.29) is 0 Å². The molecule has 1 saturated heterocycles. The molecule has 0 bridgehead atoms. The average Bonchev–Trinajstić information content (AvgIpc) is 2.76. The van der Waals surface area contributed by atoms with Gasteiger partial charge in [-0.05, 0) is 62.0 Å². The first-order valence-corrected chi connectivity index (χ1v) is 7.83. The third-order valence-electron chi connectivity index (χ3n) is 4.87. The molecule has 1 aliphatic heterocycles.